The summed E-state index contributed by atoms with van der Waals surface area (Å²) < 4.78 is 4.58. The second kappa shape index (κ2) is 5.06. The van der Waals surface area contributed by atoms with E-state index >= 15 is 0 Å². The van der Waals surface area contributed by atoms with Crippen LogP contribution >= 0.6 is 0 Å². The SMILES string of the molecule is NCC(=O)OC(c1ccccc1)[N+](=O)[O-]. The van der Waals surface area contributed by atoms with E-state index in [4.69, 9.17) is 5.73 Å². The molecule has 0 aliphatic carbocycles. The quantitative estimate of drug-likeness (QED) is 0.337. The van der Waals surface area contributed by atoms with E-state index in [1.807, 2.05) is 0 Å². The third-order valence-corrected chi connectivity index (χ3v) is 1.69. The van der Waals surface area contributed by atoms with Crippen molar-refractivity contribution in [2.75, 3.05) is 6.54 Å². The predicted octanol–water partition coefficient (Wildman–Crippen LogP) is 0.464. The largest absolute Gasteiger partial charge is 0.393 e. The van der Waals surface area contributed by atoms with Crippen LogP contribution in [-0.4, -0.2) is 17.4 Å². The van der Waals surface area contributed by atoms with Crippen molar-refractivity contribution in [2.24, 2.45) is 5.73 Å². The topological polar surface area (TPSA) is 95.5 Å². The van der Waals surface area contributed by atoms with Crippen LogP contribution in [0.25, 0.3) is 0 Å². The molecule has 1 atom stereocenters. The van der Waals surface area contributed by atoms with Crippen LogP contribution in [0.5, 0.6) is 0 Å². The van der Waals surface area contributed by atoms with Gasteiger partial charge in [0.05, 0.1) is 17.0 Å². The number of nitro groups is 1. The van der Waals surface area contributed by atoms with Crippen LogP contribution in [-0.2, 0) is 9.53 Å². The Bertz CT molecular complexity index is 352. The Labute approximate surface area is 85.8 Å². The lowest BCUT2D eigenvalue weighted by Gasteiger charge is -2.09. The number of nitrogens with zero attached hydrogens (tertiary/aromatic N) is 1. The normalized spacial score (nSPS) is 11.8. The number of benzene rings is 1. The van der Waals surface area contributed by atoms with E-state index in [2.05, 4.69) is 4.74 Å². The highest BCUT2D eigenvalue weighted by atomic mass is 16.7. The molecule has 0 saturated heterocycles. The van der Waals surface area contributed by atoms with Gasteiger partial charge in [0.15, 0.2) is 0 Å². The molecule has 6 heteroatoms. The zero-order chi connectivity index (χ0) is 11.3. The molecule has 1 rings (SSSR count). The van der Waals surface area contributed by atoms with Gasteiger partial charge in [0.25, 0.3) is 0 Å². The van der Waals surface area contributed by atoms with Crippen LogP contribution in [0.3, 0.4) is 0 Å². The van der Waals surface area contributed by atoms with E-state index in [0.29, 0.717) is 5.56 Å². The molecule has 0 fully saturated rings. The van der Waals surface area contributed by atoms with Crippen molar-refractivity contribution in [1.82, 2.24) is 0 Å². The van der Waals surface area contributed by atoms with Crippen molar-refractivity contribution in [3.05, 3.63) is 46.0 Å². The fraction of sp³-hybridized carbons (Fsp3) is 0.222. The van der Waals surface area contributed by atoms with Gasteiger partial charge in [-0.2, -0.15) is 0 Å². The molecule has 15 heavy (non-hydrogen) atoms. The van der Waals surface area contributed by atoms with Crippen molar-refractivity contribution < 1.29 is 14.5 Å². The van der Waals surface area contributed by atoms with Gasteiger partial charge >= 0.3 is 12.2 Å². The zero-order valence-electron chi connectivity index (χ0n) is 7.83. The first kappa shape index (κ1) is 11.1. The molecule has 80 valence electrons. The fourth-order valence-corrected chi connectivity index (χ4v) is 1.02. The molecule has 1 aromatic carbocycles. The molecular formula is C9H10N2O4. The number of esters is 1. The number of carbonyl (C=O) groups excluding carboxylic acids is 1. The number of hydrogen-bond donors (Lipinski definition) is 1. The molecule has 0 radical (unpaired) electrons. The van der Waals surface area contributed by atoms with Gasteiger partial charge in [-0.05, 0) is 12.1 Å². The monoisotopic (exact) mass is 210 g/mol. The summed E-state index contributed by atoms with van der Waals surface area (Å²) in [7, 11) is 0. The minimum atomic E-state index is -1.48. The first-order valence-electron chi connectivity index (χ1n) is 4.23. The summed E-state index contributed by atoms with van der Waals surface area (Å²) in [5, 5.41) is 10.6. The summed E-state index contributed by atoms with van der Waals surface area (Å²) in [6, 6.07) is 7.99. The van der Waals surface area contributed by atoms with Crippen LogP contribution in [0.15, 0.2) is 30.3 Å². The Balaban J connectivity index is 2.84. The molecule has 0 aliphatic rings. The molecule has 2 N–H and O–H groups in total. The van der Waals surface area contributed by atoms with Crippen LogP contribution in [0, 0.1) is 10.1 Å². The second-order valence-electron chi connectivity index (χ2n) is 2.74. The van der Waals surface area contributed by atoms with Crippen LogP contribution in [0.1, 0.15) is 11.8 Å². The van der Waals surface area contributed by atoms with Crippen molar-refractivity contribution in [1.29, 1.82) is 0 Å². The van der Waals surface area contributed by atoms with Gasteiger partial charge in [-0.15, -0.1) is 0 Å². The molecule has 6 nitrogen and oxygen atoms in total. The highest BCUT2D eigenvalue weighted by molar-refractivity contribution is 5.71. The summed E-state index contributed by atoms with van der Waals surface area (Å²) in [5.74, 6) is -0.805. The molecule has 0 bridgehead atoms. The average Bonchev–Trinajstić information content (AvgIpc) is 2.26. The Morgan fingerprint density at radius 3 is 2.53 bits per heavy atom. The average molecular weight is 210 g/mol. The number of ether oxygens (including phenoxy) is 1. The third-order valence-electron chi connectivity index (χ3n) is 1.69. The maximum atomic E-state index is 10.8. The first-order chi connectivity index (χ1) is 7.15. The second-order valence-corrected chi connectivity index (χ2v) is 2.74. The molecule has 0 saturated carbocycles. The molecule has 0 aliphatic heterocycles. The van der Waals surface area contributed by atoms with Crippen molar-refractivity contribution in [2.45, 2.75) is 6.23 Å². The third kappa shape index (κ3) is 3.03. The molecule has 0 amide bonds. The van der Waals surface area contributed by atoms with Crippen LogP contribution in [0.4, 0.5) is 0 Å². The van der Waals surface area contributed by atoms with Gasteiger partial charge < -0.3 is 10.5 Å². The van der Waals surface area contributed by atoms with Crippen LogP contribution < -0.4 is 5.73 Å². The summed E-state index contributed by atoms with van der Waals surface area (Å²) >= 11 is 0. The van der Waals surface area contributed by atoms with Crippen molar-refractivity contribution in [3.8, 4) is 0 Å². The maximum Gasteiger partial charge on any atom is 0.382 e. The Kier molecular flexibility index (Phi) is 3.75. The van der Waals surface area contributed by atoms with E-state index in [1.54, 1.807) is 18.2 Å². The number of carbonyl (C=O) groups is 1. The van der Waals surface area contributed by atoms with E-state index in [0.717, 1.165) is 0 Å². The summed E-state index contributed by atoms with van der Waals surface area (Å²) in [6.45, 7) is -0.378. The van der Waals surface area contributed by atoms with E-state index in [1.165, 1.54) is 12.1 Å². The van der Waals surface area contributed by atoms with Gasteiger partial charge in [-0.25, -0.2) is 0 Å². The maximum absolute atomic E-state index is 10.8. The van der Waals surface area contributed by atoms with Crippen molar-refractivity contribution in [3.63, 3.8) is 0 Å². The van der Waals surface area contributed by atoms with Gasteiger partial charge in [-0.3, -0.25) is 14.9 Å². The van der Waals surface area contributed by atoms with Crippen LogP contribution in [0.2, 0.25) is 0 Å². The standard InChI is InChI=1S/C9H10N2O4/c10-6-8(12)15-9(11(13)14)7-4-2-1-3-5-7/h1-5,9H,6,10H2. The summed E-state index contributed by atoms with van der Waals surface area (Å²) in [5.41, 5.74) is 5.31. The molecule has 1 aromatic rings. The highest BCUT2D eigenvalue weighted by Gasteiger charge is 2.26. The molecular weight excluding hydrogens is 200 g/mol. The minimum absolute atomic E-state index is 0.310. The minimum Gasteiger partial charge on any atom is -0.393 e. The summed E-state index contributed by atoms with van der Waals surface area (Å²) in [6.07, 6.45) is -1.48. The number of rotatable bonds is 4. The highest BCUT2D eigenvalue weighted by Crippen LogP contribution is 2.17. The first-order valence-corrected chi connectivity index (χ1v) is 4.23. The van der Waals surface area contributed by atoms with Gasteiger partial charge in [0, 0.05) is 0 Å². The Morgan fingerprint density at radius 1 is 1.47 bits per heavy atom. The molecule has 0 aromatic heterocycles. The molecule has 1 unspecified atom stereocenters. The molecule has 0 spiro atoms. The lowest BCUT2D eigenvalue weighted by molar-refractivity contribution is -0.575. The number of hydrogen-bond acceptors (Lipinski definition) is 5. The van der Waals surface area contributed by atoms with Gasteiger partial charge in [-0.1, -0.05) is 18.2 Å². The fourth-order valence-electron chi connectivity index (χ4n) is 1.02. The van der Waals surface area contributed by atoms with Gasteiger partial charge in [0.2, 0.25) is 0 Å². The van der Waals surface area contributed by atoms with E-state index < -0.39 is 17.1 Å². The Morgan fingerprint density at radius 2 is 2.07 bits per heavy atom. The van der Waals surface area contributed by atoms with Gasteiger partial charge in [0.1, 0.15) is 0 Å². The molecule has 0 heterocycles. The predicted molar refractivity (Wildman–Crippen MR) is 51.3 cm³/mol. The van der Waals surface area contributed by atoms with E-state index in [-0.39, 0.29) is 6.54 Å². The smallest absolute Gasteiger partial charge is 0.382 e. The lowest BCUT2D eigenvalue weighted by atomic mass is 10.2. The Hall–Kier alpha value is -1.95. The van der Waals surface area contributed by atoms with E-state index in [9.17, 15) is 14.9 Å². The zero-order valence-corrected chi connectivity index (χ0v) is 7.83. The summed E-state index contributed by atoms with van der Waals surface area (Å²) in [4.78, 5) is 20.8. The van der Waals surface area contributed by atoms with Crippen molar-refractivity contribution >= 4 is 5.97 Å². The lowest BCUT2D eigenvalue weighted by Crippen LogP contribution is -2.23. The number of nitrogens with two attached hydrogens (primary N) is 1.